The lowest BCUT2D eigenvalue weighted by Gasteiger charge is -2.06. The molecule has 0 spiro atoms. The van der Waals surface area contributed by atoms with Crippen LogP contribution in [-0.2, 0) is 0 Å². The molecule has 0 saturated heterocycles. The van der Waals surface area contributed by atoms with Crippen LogP contribution < -0.4 is 10.6 Å². The van der Waals surface area contributed by atoms with Crippen molar-refractivity contribution in [1.29, 1.82) is 0 Å². The molecular formula is C11H17N3. The van der Waals surface area contributed by atoms with Gasteiger partial charge in [-0.25, -0.2) is 4.98 Å². The summed E-state index contributed by atoms with van der Waals surface area (Å²) >= 11 is 0. The zero-order chi connectivity index (χ0) is 9.97. The number of hydrogen-bond donors (Lipinski definition) is 2. The Morgan fingerprint density at radius 2 is 2.21 bits per heavy atom. The smallest absolute Gasteiger partial charge is 0.128 e. The Morgan fingerprint density at radius 3 is 2.86 bits per heavy atom. The SMILES string of the molecule is CCC1CC1Nc1cccc(NC)n1. The molecule has 0 radical (unpaired) electrons. The summed E-state index contributed by atoms with van der Waals surface area (Å²) in [5, 5.41) is 6.48. The number of hydrogen-bond acceptors (Lipinski definition) is 3. The lowest BCUT2D eigenvalue weighted by atomic mass is 10.3. The highest BCUT2D eigenvalue weighted by molar-refractivity contribution is 5.46. The lowest BCUT2D eigenvalue weighted by molar-refractivity contribution is 0.773. The van der Waals surface area contributed by atoms with Crippen LogP contribution in [-0.4, -0.2) is 18.1 Å². The summed E-state index contributed by atoms with van der Waals surface area (Å²) in [6, 6.07) is 6.66. The fourth-order valence-electron chi connectivity index (χ4n) is 1.72. The number of aromatic nitrogens is 1. The molecule has 1 fully saturated rings. The standard InChI is InChI=1S/C11H17N3/c1-3-8-7-9(8)13-11-6-4-5-10(12-2)14-11/h4-6,8-9H,3,7H2,1-2H3,(H2,12,13,14). The van der Waals surface area contributed by atoms with Gasteiger partial charge in [-0.15, -0.1) is 0 Å². The second-order valence-electron chi connectivity index (χ2n) is 3.81. The number of nitrogens with zero attached hydrogens (tertiary/aromatic N) is 1. The van der Waals surface area contributed by atoms with E-state index >= 15 is 0 Å². The van der Waals surface area contributed by atoms with E-state index in [0.717, 1.165) is 17.6 Å². The number of nitrogens with one attached hydrogen (secondary N) is 2. The van der Waals surface area contributed by atoms with E-state index in [4.69, 9.17) is 0 Å². The molecule has 3 nitrogen and oxygen atoms in total. The second-order valence-corrected chi connectivity index (χ2v) is 3.81. The van der Waals surface area contributed by atoms with Crippen molar-refractivity contribution in [3.63, 3.8) is 0 Å². The van der Waals surface area contributed by atoms with Gasteiger partial charge in [0.2, 0.25) is 0 Å². The molecule has 2 atom stereocenters. The average molecular weight is 191 g/mol. The first-order valence-corrected chi connectivity index (χ1v) is 5.25. The first-order valence-electron chi connectivity index (χ1n) is 5.25. The quantitative estimate of drug-likeness (QED) is 0.767. The van der Waals surface area contributed by atoms with E-state index in [2.05, 4.69) is 22.5 Å². The molecule has 0 amide bonds. The van der Waals surface area contributed by atoms with Gasteiger partial charge < -0.3 is 10.6 Å². The highest BCUT2D eigenvalue weighted by atomic mass is 15.1. The molecule has 1 aromatic rings. The van der Waals surface area contributed by atoms with Crippen LogP contribution in [0.15, 0.2) is 18.2 Å². The summed E-state index contributed by atoms with van der Waals surface area (Å²) in [5.74, 6) is 2.76. The van der Waals surface area contributed by atoms with Crippen LogP contribution in [0.4, 0.5) is 11.6 Å². The minimum atomic E-state index is 0.652. The maximum atomic E-state index is 4.42. The summed E-state index contributed by atoms with van der Waals surface area (Å²) in [5.41, 5.74) is 0. The molecule has 3 heteroatoms. The van der Waals surface area contributed by atoms with Crippen molar-refractivity contribution >= 4 is 11.6 Å². The van der Waals surface area contributed by atoms with Gasteiger partial charge in [0.1, 0.15) is 11.6 Å². The van der Waals surface area contributed by atoms with Gasteiger partial charge in [0.05, 0.1) is 0 Å². The molecule has 1 aliphatic carbocycles. The summed E-state index contributed by atoms with van der Waals surface area (Å²) < 4.78 is 0. The molecule has 76 valence electrons. The van der Waals surface area contributed by atoms with Gasteiger partial charge in [0, 0.05) is 13.1 Å². The Hall–Kier alpha value is -1.25. The van der Waals surface area contributed by atoms with Crippen LogP contribution in [0, 0.1) is 5.92 Å². The minimum absolute atomic E-state index is 0.652. The van der Waals surface area contributed by atoms with E-state index < -0.39 is 0 Å². The molecular weight excluding hydrogens is 174 g/mol. The Morgan fingerprint density at radius 1 is 1.43 bits per heavy atom. The van der Waals surface area contributed by atoms with Gasteiger partial charge in [0.15, 0.2) is 0 Å². The van der Waals surface area contributed by atoms with Crippen molar-refractivity contribution in [2.45, 2.75) is 25.8 Å². The van der Waals surface area contributed by atoms with E-state index in [1.807, 2.05) is 25.2 Å². The molecule has 0 aliphatic heterocycles. The molecule has 2 rings (SSSR count). The topological polar surface area (TPSA) is 37.0 Å². The number of rotatable bonds is 4. The molecule has 1 saturated carbocycles. The molecule has 2 N–H and O–H groups in total. The zero-order valence-corrected chi connectivity index (χ0v) is 8.75. The average Bonchev–Trinajstić information content (AvgIpc) is 2.97. The Labute approximate surface area is 84.9 Å². The molecule has 1 aromatic heterocycles. The van der Waals surface area contributed by atoms with Gasteiger partial charge in [-0.1, -0.05) is 19.4 Å². The first kappa shape index (κ1) is 9.31. The van der Waals surface area contributed by atoms with Gasteiger partial charge in [-0.2, -0.15) is 0 Å². The molecule has 0 aromatic carbocycles. The van der Waals surface area contributed by atoms with Crippen molar-refractivity contribution in [3.05, 3.63) is 18.2 Å². The van der Waals surface area contributed by atoms with Crippen LogP contribution in [0.3, 0.4) is 0 Å². The largest absolute Gasteiger partial charge is 0.373 e. The third-order valence-corrected chi connectivity index (χ3v) is 2.79. The van der Waals surface area contributed by atoms with E-state index in [0.29, 0.717) is 6.04 Å². The Balaban J connectivity index is 1.96. The highest BCUT2D eigenvalue weighted by Gasteiger charge is 2.35. The van der Waals surface area contributed by atoms with Crippen LogP contribution in [0.25, 0.3) is 0 Å². The summed E-state index contributed by atoms with van der Waals surface area (Å²) in [6.07, 6.45) is 2.56. The summed E-state index contributed by atoms with van der Waals surface area (Å²) in [6.45, 7) is 2.24. The summed E-state index contributed by atoms with van der Waals surface area (Å²) in [7, 11) is 1.89. The van der Waals surface area contributed by atoms with Gasteiger partial charge >= 0.3 is 0 Å². The normalized spacial score (nSPS) is 24.4. The van der Waals surface area contributed by atoms with E-state index in [1.165, 1.54) is 12.8 Å². The lowest BCUT2D eigenvalue weighted by Crippen LogP contribution is -2.06. The fourth-order valence-corrected chi connectivity index (χ4v) is 1.72. The van der Waals surface area contributed by atoms with Crippen molar-refractivity contribution in [3.8, 4) is 0 Å². The van der Waals surface area contributed by atoms with E-state index in [-0.39, 0.29) is 0 Å². The molecule has 14 heavy (non-hydrogen) atoms. The first-order chi connectivity index (χ1) is 6.83. The predicted octanol–water partition coefficient (Wildman–Crippen LogP) is 2.33. The molecule has 1 aliphatic rings. The van der Waals surface area contributed by atoms with Crippen molar-refractivity contribution < 1.29 is 0 Å². The van der Waals surface area contributed by atoms with Gasteiger partial charge in [-0.3, -0.25) is 0 Å². The zero-order valence-electron chi connectivity index (χ0n) is 8.75. The number of anilines is 2. The minimum Gasteiger partial charge on any atom is -0.373 e. The maximum Gasteiger partial charge on any atom is 0.128 e. The van der Waals surface area contributed by atoms with Gasteiger partial charge in [0.25, 0.3) is 0 Å². The van der Waals surface area contributed by atoms with Crippen LogP contribution in [0.2, 0.25) is 0 Å². The van der Waals surface area contributed by atoms with E-state index in [9.17, 15) is 0 Å². The van der Waals surface area contributed by atoms with Crippen LogP contribution in [0.1, 0.15) is 19.8 Å². The molecule has 1 heterocycles. The Kier molecular flexibility index (Phi) is 2.57. The highest BCUT2D eigenvalue weighted by Crippen LogP contribution is 2.35. The van der Waals surface area contributed by atoms with Gasteiger partial charge in [-0.05, 0) is 24.5 Å². The predicted molar refractivity (Wildman–Crippen MR) is 59.6 cm³/mol. The van der Waals surface area contributed by atoms with Crippen LogP contribution in [0.5, 0.6) is 0 Å². The van der Waals surface area contributed by atoms with Crippen molar-refractivity contribution in [2.75, 3.05) is 17.7 Å². The fraction of sp³-hybridized carbons (Fsp3) is 0.545. The van der Waals surface area contributed by atoms with Crippen molar-refractivity contribution in [2.24, 2.45) is 5.92 Å². The maximum absolute atomic E-state index is 4.42. The summed E-state index contributed by atoms with van der Waals surface area (Å²) in [4.78, 5) is 4.42. The third-order valence-electron chi connectivity index (χ3n) is 2.79. The number of pyridine rings is 1. The van der Waals surface area contributed by atoms with Crippen LogP contribution >= 0.6 is 0 Å². The van der Waals surface area contributed by atoms with Crippen molar-refractivity contribution in [1.82, 2.24) is 4.98 Å². The molecule has 0 bridgehead atoms. The Bertz CT molecular complexity index is 311. The second kappa shape index (κ2) is 3.86. The monoisotopic (exact) mass is 191 g/mol. The van der Waals surface area contributed by atoms with E-state index in [1.54, 1.807) is 0 Å². The molecule has 2 unspecified atom stereocenters. The third kappa shape index (κ3) is 1.97.